The molecule has 1 amide bonds. The first-order valence-corrected chi connectivity index (χ1v) is 9.91. The lowest BCUT2D eigenvalue weighted by Gasteiger charge is -2.14. The molecule has 0 fully saturated rings. The van der Waals surface area contributed by atoms with E-state index >= 15 is 0 Å². The highest BCUT2D eigenvalue weighted by Crippen LogP contribution is 2.30. The Hall–Kier alpha value is -3.54. The summed E-state index contributed by atoms with van der Waals surface area (Å²) in [5.41, 5.74) is 2.17. The number of hydrogen-bond acceptors (Lipinski definition) is 5. The van der Waals surface area contributed by atoms with Crippen LogP contribution in [-0.2, 0) is 6.61 Å². The van der Waals surface area contributed by atoms with Crippen LogP contribution in [0.4, 0.5) is 5.69 Å². The molecule has 2 aromatic carbocycles. The summed E-state index contributed by atoms with van der Waals surface area (Å²) in [5.74, 6) is 1.65. The number of nitrogens with zero attached hydrogens (tertiary/aromatic N) is 1. The lowest BCUT2D eigenvalue weighted by molar-refractivity contribution is 0.102. The first-order chi connectivity index (χ1) is 14.5. The summed E-state index contributed by atoms with van der Waals surface area (Å²) in [5, 5.41) is 2.89. The van der Waals surface area contributed by atoms with Crippen LogP contribution in [0.2, 0.25) is 0 Å². The Bertz CT molecular complexity index is 957. The van der Waals surface area contributed by atoms with Gasteiger partial charge in [0, 0.05) is 23.6 Å². The molecule has 0 bridgehead atoms. The number of nitrogens with one attached hydrogen (secondary N) is 1. The molecule has 6 nitrogen and oxygen atoms in total. The summed E-state index contributed by atoms with van der Waals surface area (Å²) >= 11 is 0. The summed E-state index contributed by atoms with van der Waals surface area (Å²) in [6.45, 7) is 6.68. The van der Waals surface area contributed by atoms with Crippen LogP contribution in [0.25, 0.3) is 0 Å². The van der Waals surface area contributed by atoms with E-state index in [1.54, 1.807) is 30.6 Å². The van der Waals surface area contributed by atoms with Crippen molar-refractivity contribution < 1.29 is 19.0 Å². The highest BCUT2D eigenvalue weighted by atomic mass is 16.5. The quantitative estimate of drug-likeness (QED) is 0.535. The van der Waals surface area contributed by atoms with Gasteiger partial charge in [0.15, 0.2) is 11.5 Å². The van der Waals surface area contributed by atoms with Crippen molar-refractivity contribution in [3.8, 4) is 17.2 Å². The van der Waals surface area contributed by atoms with E-state index in [0.29, 0.717) is 36.0 Å². The van der Waals surface area contributed by atoms with E-state index < -0.39 is 0 Å². The van der Waals surface area contributed by atoms with Gasteiger partial charge in [0.2, 0.25) is 0 Å². The van der Waals surface area contributed by atoms with Crippen LogP contribution in [-0.4, -0.2) is 23.6 Å². The number of hydrogen-bond donors (Lipinski definition) is 1. The number of ether oxygens (including phenoxy) is 3. The fraction of sp³-hybridized carbons (Fsp3) is 0.250. The van der Waals surface area contributed by atoms with Crippen molar-refractivity contribution in [1.82, 2.24) is 4.98 Å². The zero-order valence-corrected chi connectivity index (χ0v) is 17.4. The molecule has 3 aromatic rings. The molecule has 1 heterocycles. The molecule has 156 valence electrons. The highest BCUT2D eigenvalue weighted by Gasteiger charge is 2.12. The maximum Gasteiger partial charge on any atom is 0.255 e. The number of pyridine rings is 1. The molecule has 0 unspecified atom stereocenters. The monoisotopic (exact) mass is 406 g/mol. The predicted octanol–water partition coefficient (Wildman–Crippen LogP) is 5.10. The van der Waals surface area contributed by atoms with Gasteiger partial charge in [0.1, 0.15) is 12.4 Å². The molecular weight excluding hydrogens is 380 g/mol. The molecule has 1 N–H and O–H groups in total. The first-order valence-electron chi connectivity index (χ1n) is 9.91. The van der Waals surface area contributed by atoms with Crippen molar-refractivity contribution >= 4 is 11.6 Å². The molecule has 0 atom stereocenters. The van der Waals surface area contributed by atoms with Crippen molar-refractivity contribution in [2.45, 2.75) is 33.5 Å². The van der Waals surface area contributed by atoms with E-state index in [2.05, 4.69) is 10.3 Å². The van der Waals surface area contributed by atoms with Crippen molar-refractivity contribution in [2.24, 2.45) is 0 Å². The molecule has 1 aromatic heterocycles. The molecule has 0 aliphatic rings. The Balaban J connectivity index is 1.68. The molecule has 0 aliphatic carbocycles. The number of rotatable bonds is 9. The average Bonchev–Trinajstić information content (AvgIpc) is 2.75. The number of aromatic nitrogens is 1. The van der Waals surface area contributed by atoms with E-state index in [9.17, 15) is 4.79 Å². The summed E-state index contributed by atoms with van der Waals surface area (Å²) in [4.78, 5) is 16.7. The Morgan fingerprint density at radius 1 is 0.967 bits per heavy atom. The Kier molecular flexibility index (Phi) is 7.27. The summed E-state index contributed by atoms with van der Waals surface area (Å²) in [6.07, 6.45) is 3.54. The molecule has 0 saturated carbocycles. The third kappa shape index (κ3) is 5.98. The van der Waals surface area contributed by atoms with Gasteiger partial charge in [-0.15, -0.1) is 0 Å². The Labute approximate surface area is 176 Å². The lowest BCUT2D eigenvalue weighted by Crippen LogP contribution is -2.12. The van der Waals surface area contributed by atoms with Gasteiger partial charge >= 0.3 is 0 Å². The highest BCUT2D eigenvalue weighted by molar-refractivity contribution is 6.04. The smallest absolute Gasteiger partial charge is 0.255 e. The molecule has 0 radical (unpaired) electrons. The second kappa shape index (κ2) is 10.3. The maximum atomic E-state index is 12.7. The largest absolute Gasteiger partial charge is 0.491 e. The van der Waals surface area contributed by atoms with Gasteiger partial charge in [0.05, 0.1) is 12.7 Å². The summed E-state index contributed by atoms with van der Waals surface area (Å²) in [6, 6.07) is 16.2. The summed E-state index contributed by atoms with van der Waals surface area (Å²) in [7, 11) is 0. The molecule has 0 aliphatic heterocycles. The minimum Gasteiger partial charge on any atom is -0.491 e. The molecule has 0 spiro atoms. The van der Waals surface area contributed by atoms with Gasteiger partial charge in [-0.25, -0.2) is 0 Å². The van der Waals surface area contributed by atoms with Gasteiger partial charge in [-0.3, -0.25) is 9.78 Å². The van der Waals surface area contributed by atoms with Crippen LogP contribution in [0.1, 0.15) is 36.7 Å². The number of anilines is 1. The van der Waals surface area contributed by atoms with E-state index in [-0.39, 0.29) is 12.0 Å². The minimum absolute atomic E-state index is 0.0988. The van der Waals surface area contributed by atoms with Gasteiger partial charge in [-0.2, -0.15) is 0 Å². The maximum absolute atomic E-state index is 12.7. The van der Waals surface area contributed by atoms with Crippen LogP contribution in [0.15, 0.2) is 67.0 Å². The third-order valence-electron chi connectivity index (χ3n) is 4.13. The van der Waals surface area contributed by atoms with Crippen LogP contribution in [0, 0.1) is 0 Å². The molecule has 30 heavy (non-hydrogen) atoms. The van der Waals surface area contributed by atoms with E-state index in [0.717, 1.165) is 11.3 Å². The molecule has 0 saturated heterocycles. The third-order valence-corrected chi connectivity index (χ3v) is 4.13. The van der Waals surface area contributed by atoms with Gasteiger partial charge in [-0.05, 0) is 80.9 Å². The fourth-order valence-electron chi connectivity index (χ4n) is 2.77. The molecule has 6 heteroatoms. The average molecular weight is 406 g/mol. The zero-order valence-electron chi connectivity index (χ0n) is 17.4. The number of carbonyl (C=O) groups is 1. The van der Waals surface area contributed by atoms with Crippen molar-refractivity contribution in [2.75, 3.05) is 11.9 Å². The zero-order chi connectivity index (χ0) is 21.3. The molecule has 3 rings (SSSR count). The number of benzene rings is 2. The SMILES string of the molecule is CCOc1cc(C(=O)Nc2ccc(OC(C)C)cc2)ccc1OCc1ccncc1. The normalized spacial score (nSPS) is 10.5. The second-order valence-corrected chi connectivity index (χ2v) is 6.88. The van der Waals surface area contributed by atoms with Gasteiger partial charge in [0.25, 0.3) is 5.91 Å². The van der Waals surface area contributed by atoms with Gasteiger partial charge in [-0.1, -0.05) is 0 Å². The minimum atomic E-state index is -0.228. The Morgan fingerprint density at radius 2 is 1.70 bits per heavy atom. The topological polar surface area (TPSA) is 69.7 Å². The van der Waals surface area contributed by atoms with E-state index in [4.69, 9.17) is 14.2 Å². The van der Waals surface area contributed by atoms with Crippen molar-refractivity contribution in [3.05, 3.63) is 78.1 Å². The predicted molar refractivity (Wildman–Crippen MR) is 116 cm³/mol. The fourth-order valence-corrected chi connectivity index (χ4v) is 2.77. The van der Waals surface area contributed by atoms with Gasteiger partial charge < -0.3 is 19.5 Å². The van der Waals surface area contributed by atoms with Crippen LogP contribution in [0.3, 0.4) is 0 Å². The lowest BCUT2D eigenvalue weighted by atomic mass is 10.1. The van der Waals surface area contributed by atoms with Crippen molar-refractivity contribution in [3.63, 3.8) is 0 Å². The Morgan fingerprint density at radius 3 is 2.37 bits per heavy atom. The van der Waals surface area contributed by atoms with Crippen LogP contribution < -0.4 is 19.5 Å². The van der Waals surface area contributed by atoms with Crippen molar-refractivity contribution in [1.29, 1.82) is 0 Å². The number of amides is 1. The second-order valence-electron chi connectivity index (χ2n) is 6.88. The molecular formula is C24H26N2O4. The number of carbonyl (C=O) groups excluding carboxylic acids is 1. The van der Waals surface area contributed by atoms with Crippen LogP contribution >= 0.6 is 0 Å². The van der Waals surface area contributed by atoms with E-state index in [1.807, 2.05) is 57.2 Å². The summed E-state index contributed by atoms with van der Waals surface area (Å²) < 4.78 is 17.2. The standard InChI is InChI=1S/C24H26N2O4/c1-4-28-23-15-19(5-10-22(23)29-16-18-11-13-25-14-12-18)24(27)26-20-6-8-21(9-7-20)30-17(2)3/h5-15,17H,4,16H2,1-3H3,(H,26,27). The first kappa shape index (κ1) is 21.2. The van der Waals surface area contributed by atoms with E-state index in [1.165, 1.54) is 0 Å². The van der Waals surface area contributed by atoms with Crippen LogP contribution in [0.5, 0.6) is 17.2 Å².